The van der Waals surface area contributed by atoms with Crippen molar-refractivity contribution in [2.45, 2.75) is 58.5 Å². The van der Waals surface area contributed by atoms with Crippen LogP contribution in [0.4, 0.5) is 0 Å². The van der Waals surface area contributed by atoms with Gasteiger partial charge in [0, 0.05) is 24.0 Å². The van der Waals surface area contributed by atoms with Crippen molar-refractivity contribution in [3.8, 4) is 0 Å². The second-order valence-electron chi connectivity index (χ2n) is 7.16. The Morgan fingerprint density at radius 2 is 2.20 bits per heavy atom. The number of nitrogens with one attached hydrogen (secondary N) is 1. The maximum atomic E-state index is 12.2. The van der Waals surface area contributed by atoms with Crippen molar-refractivity contribution in [1.82, 2.24) is 9.88 Å². The van der Waals surface area contributed by atoms with Gasteiger partial charge in [0.15, 0.2) is 0 Å². The molecule has 20 heavy (non-hydrogen) atoms. The summed E-state index contributed by atoms with van der Waals surface area (Å²) in [4.78, 5) is 12.2. The minimum atomic E-state index is -0.0476. The molecular formula is C16H25N3O. The fourth-order valence-corrected chi connectivity index (χ4v) is 3.91. The van der Waals surface area contributed by atoms with Crippen molar-refractivity contribution >= 4 is 5.91 Å². The van der Waals surface area contributed by atoms with E-state index >= 15 is 0 Å². The summed E-state index contributed by atoms with van der Waals surface area (Å²) in [6.07, 6.45) is 4.01. The summed E-state index contributed by atoms with van der Waals surface area (Å²) in [6.45, 7) is 7.44. The van der Waals surface area contributed by atoms with E-state index in [1.165, 1.54) is 17.0 Å². The molecule has 4 nitrogen and oxygen atoms in total. The summed E-state index contributed by atoms with van der Waals surface area (Å²) in [5.41, 5.74) is 10.3. The smallest absolute Gasteiger partial charge is 0.243 e. The van der Waals surface area contributed by atoms with Gasteiger partial charge in [-0.1, -0.05) is 13.8 Å². The van der Waals surface area contributed by atoms with Crippen molar-refractivity contribution in [3.05, 3.63) is 23.0 Å². The molecule has 2 unspecified atom stereocenters. The van der Waals surface area contributed by atoms with Crippen molar-refractivity contribution in [2.75, 3.05) is 6.54 Å². The van der Waals surface area contributed by atoms with Gasteiger partial charge in [0.25, 0.3) is 0 Å². The van der Waals surface area contributed by atoms with Crippen LogP contribution in [-0.2, 0) is 11.2 Å². The van der Waals surface area contributed by atoms with E-state index in [0.29, 0.717) is 0 Å². The zero-order valence-corrected chi connectivity index (χ0v) is 12.7. The zero-order chi connectivity index (χ0) is 14.5. The molecule has 0 aromatic carbocycles. The Morgan fingerprint density at radius 3 is 2.90 bits per heavy atom. The molecule has 1 aliphatic heterocycles. The van der Waals surface area contributed by atoms with Crippen LogP contribution in [0.2, 0.25) is 0 Å². The number of piperidine rings is 1. The van der Waals surface area contributed by atoms with E-state index in [1.807, 2.05) is 0 Å². The summed E-state index contributed by atoms with van der Waals surface area (Å²) < 4.78 is 2.25. The van der Waals surface area contributed by atoms with Crippen LogP contribution >= 0.6 is 0 Å². The molecule has 1 aromatic heterocycles. The van der Waals surface area contributed by atoms with Crippen LogP contribution in [-0.4, -0.2) is 17.0 Å². The van der Waals surface area contributed by atoms with Gasteiger partial charge in [-0.05, 0) is 49.7 Å². The van der Waals surface area contributed by atoms with Crippen molar-refractivity contribution < 1.29 is 4.79 Å². The van der Waals surface area contributed by atoms with Crippen LogP contribution in [0.1, 0.15) is 62.1 Å². The third-order valence-electron chi connectivity index (χ3n) is 4.75. The minimum Gasteiger partial charge on any atom is -0.354 e. The molecule has 1 aliphatic carbocycles. The first-order chi connectivity index (χ1) is 9.39. The van der Waals surface area contributed by atoms with Gasteiger partial charge >= 0.3 is 0 Å². The van der Waals surface area contributed by atoms with Crippen molar-refractivity contribution in [1.29, 1.82) is 0 Å². The summed E-state index contributed by atoms with van der Waals surface area (Å²) in [5.74, 6) is 0.162. The Kier molecular flexibility index (Phi) is 3.16. The Morgan fingerprint density at radius 1 is 1.45 bits per heavy atom. The summed E-state index contributed by atoms with van der Waals surface area (Å²) >= 11 is 0. The lowest BCUT2D eigenvalue weighted by atomic mass is 9.74. The maximum absolute atomic E-state index is 12.2. The molecule has 2 heterocycles. The molecule has 1 amide bonds. The summed E-state index contributed by atoms with van der Waals surface area (Å²) in [7, 11) is 0. The molecule has 2 aliphatic rings. The van der Waals surface area contributed by atoms with Crippen LogP contribution in [0.15, 0.2) is 6.07 Å². The lowest BCUT2D eigenvalue weighted by molar-refractivity contribution is -0.125. The highest BCUT2D eigenvalue weighted by atomic mass is 16.2. The molecule has 0 bridgehead atoms. The molecule has 3 rings (SSSR count). The highest BCUT2D eigenvalue weighted by Crippen LogP contribution is 2.42. The van der Waals surface area contributed by atoms with E-state index in [1.54, 1.807) is 0 Å². The lowest BCUT2D eigenvalue weighted by Crippen LogP contribution is -2.40. The Hall–Kier alpha value is -1.29. The number of nitrogens with zero attached hydrogens (tertiary/aromatic N) is 1. The van der Waals surface area contributed by atoms with Crippen LogP contribution in [0, 0.1) is 12.3 Å². The van der Waals surface area contributed by atoms with E-state index in [2.05, 4.69) is 36.7 Å². The Bertz CT molecular complexity index is 544. The predicted molar refractivity (Wildman–Crippen MR) is 79.5 cm³/mol. The maximum Gasteiger partial charge on any atom is 0.243 e. The van der Waals surface area contributed by atoms with Gasteiger partial charge in [-0.2, -0.15) is 0 Å². The first-order valence-corrected chi connectivity index (χ1v) is 7.63. The number of hydrogen-bond donors (Lipinski definition) is 2. The number of aryl methyl sites for hydroxylation is 1. The molecule has 1 saturated heterocycles. The highest BCUT2D eigenvalue weighted by Gasteiger charge is 2.36. The molecule has 0 spiro atoms. The van der Waals surface area contributed by atoms with Gasteiger partial charge in [-0.15, -0.1) is 0 Å². The van der Waals surface area contributed by atoms with Gasteiger partial charge < -0.3 is 15.6 Å². The minimum absolute atomic E-state index is 0.0476. The number of fused-ring (bicyclic) bond motifs is 1. The second-order valence-corrected chi connectivity index (χ2v) is 7.16. The standard InChI is InChI=1S/C16H25N3O/c1-10-7-11-12(17)8-16(2,3)9-14(11)19(10)13-5-4-6-18-15(13)20/h7,12-13H,4-6,8-9,17H2,1-3H3,(H,18,20). The predicted octanol–water partition coefficient (Wildman–Crippen LogP) is 2.22. The monoisotopic (exact) mass is 275 g/mol. The molecular weight excluding hydrogens is 250 g/mol. The molecule has 2 atom stereocenters. The topological polar surface area (TPSA) is 60.0 Å². The molecule has 110 valence electrons. The summed E-state index contributed by atoms with van der Waals surface area (Å²) in [6, 6.07) is 2.24. The fourth-order valence-electron chi connectivity index (χ4n) is 3.91. The van der Waals surface area contributed by atoms with Crippen LogP contribution in [0.5, 0.6) is 0 Å². The number of hydrogen-bond acceptors (Lipinski definition) is 2. The quantitative estimate of drug-likeness (QED) is 0.825. The lowest BCUT2D eigenvalue weighted by Gasteiger charge is -2.36. The number of rotatable bonds is 1. The fraction of sp³-hybridized carbons (Fsp3) is 0.688. The van der Waals surface area contributed by atoms with E-state index in [-0.39, 0.29) is 23.4 Å². The molecule has 1 fully saturated rings. The molecule has 3 N–H and O–H groups in total. The average molecular weight is 275 g/mol. The van der Waals surface area contributed by atoms with E-state index in [9.17, 15) is 4.79 Å². The van der Waals surface area contributed by atoms with Crippen molar-refractivity contribution in [2.24, 2.45) is 11.1 Å². The zero-order valence-electron chi connectivity index (χ0n) is 12.7. The normalized spacial score (nSPS) is 28.9. The Balaban J connectivity index is 2.06. The molecule has 0 radical (unpaired) electrons. The van der Waals surface area contributed by atoms with Gasteiger partial charge in [-0.25, -0.2) is 0 Å². The van der Waals surface area contributed by atoms with Crippen LogP contribution in [0.3, 0.4) is 0 Å². The van der Waals surface area contributed by atoms with Gasteiger partial charge in [0.1, 0.15) is 6.04 Å². The van der Waals surface area contributed by atoms with Gasteiger partial charge in [0.05, 0.1) is 0 Å². The third kappa shape index (κ3) is 2.16. The Labute approximate surface area is 120 Å². The summed E-state index contributed by atoms with van der Waals surface area (Å²) in [5, 5.41) is 3.00. The SMILES string of the molecule is Cc1cc2c(n1C1CCCNC1=O)CC(C)(C)CC2N. The third-order valence-corrected chi connectivity index (χ3v) is 4.75. The number of amides is 1. The number of aromatic nitrogens is 1. The number of carbonyl (C=O) groups is 1. The first kappa shape index (κ1) is 13.7. The van der Waals surface area contributed by atoms with Gasteiger partial charge in [0.2, 0.25) is 5.91 Å². The average Bonchev–Trinajstić information content (AvgIpc) is 2.66. The van der Waals surface area contributed by atoms with Crippen LogP contribution < -0.4 is 11.1 Å². The number of nitrogens with two attached hydrogens (primary N) is 1. The number of carbonyl (C=O) groups excluding carboxylic acids is 1. The molecule has 4 heteroatoms. The largest absolute Gasteiger partial charge is 0.354 e. The molecule has 0 saturated carbocycles. The van der Waals surface area contributed by atoms with E-state index in [4.69, 9.17) is 5.73 Å². The van der Waals surface area contributed by atoms with Crippen molar-refractivity contribution in [3.63, 3.8) is 0 Å². The first-order valence-electron chi connectivity index (χ1n) is 7.63. The highest BCUT2D eigenvalue weighted by molar-refractivity contribution is 5.81. The molecule has 1 aromatic rings. The van der Waals surface area contributed by atoms with E-state index in [0.717, 1.165) is 32.2 Å². The van der Waals surface area contributed by atoms with Gasteiger partial charge in [-0.3, -0.25) is 4.79 Å². The second kappa shape index (κ2) is 4.62. The van der Waals surface area contributed by atoms with Crippen LogP contribution in [0.25, 0.3) is 0 Å². The van der Waals surface area contributed by atoms with E-state index < -0.39 is 0 Å².